The molecule has 1 aromatic heterocycles. The number of aromatic nitrogens is 2. The van der Waals surface area contributed by atoms with Gasteiger partial charge in [0.05, 0.1) is 7.11 Å². The van der Waals surface area contributed by atoms with Gasteiger partial charge in [0.2, 0.25) is 11.7 Å². The number of ether oxygens (including phenoxy) is 1. The lowest BCUT2D eigenvalue weighted by Gasteiger charge is -2.12. The second-order valence-corrected chi connectivity index (χ2v) is 4.73. The first-order valence-corrected chi connectivity index (χ1v) is 7.07. The van der Waals surface area contributed by atoms with Crippen LogP contribution in [-0.2, 0) is 6.42 Å². The van der Waals surface area contributed by atoms with Crippen LogP contribution < -0.4 is 10.1 Å². The quantitative estimate of drug-likeness (QED) is 0.850. The summed E-state index contributed by atoms with van der Waals surface area (Å²) in [4.78, 5) is 4.36. The van der Waals surface area contributed by atoms with Crippen LogP contribution in [0, 0.1) is 5.82 Å². The van der Waals surface area contributed by atoms with Gasteiger partial charge < -0.3 is 14.6 Å². The van der Waals surface area contributed by atoms with Gasteiger partial charge in [-0.3, -0.25) is 0 Å². The molecule has 0 bridgehead atoms. The smallest absolute Gasteiger partial charge is 0.228 e. The predicted molar refractivity (Wildman–Crippen MR) is 77.7 cm³/mol. The third kappa shape index (κ3) is 3.78. The van der Waals surface area contributed by atoms with Gasteiger partial charge in [0, 0.05) is 18.0 Å². The van der Waals surface area contributed by atoms with Gasteiger partial charge in [-0.15, -0.1) is 0 Å². The Bertz CT molecular complexity index is 586. The number of nitrogens with zero attached hydrogens (tertiary/aromatic N) is 2. The highest BCUT2D eigenvalue weighted by atomic mass is 19.1. The van der Waals surface area contributed by atoms with Gasteiger partial charge >= 0.3 is 0 Å². The lowest BCUT2D eigenvalue weighted by Crippen LogP contribution is -2.30. The highest BCUT2D eigenvalue weighted by molar-refractivity contribution is 5.57. The fourth-order valence-electron chi connectivity index (χ4n) is 2.11. The van der Waals surface area contributed by atoms with E-state index in [0.717, 1.165) is 13.0 Å². The summed E-state index contributed by atoms with van der Waals surface area (Å²) in [6.45, 7) is 5.07. The molecule has 1 aromatic carbocycles. The van der Waals surface area contributed by atoms with Crippen LogP contribution in [-0.4, -0.2) is 29.8 Å². The Morgan fingerprint density at radius 3 is 2.86 bits per heavy atom. The van der Waals surface area contributed by atoms with E-state index >= 15 is 0 Å². The van der Waals surface area contributed by atoms with Crippen LogP contribution >= 0.6 is 0 Å². The second-order valence-electron chi connectivity index (χ2n) is 4.73. The third-order valence-corrected chi connectivity index (χ3v) is 3.28. The molecule has 0 saturated carbocycles. The summed E-state index contributed by atoms with van der Waals surface area (Å²) in [7, 11) is 1.42. The lowest BCUT2D eigenvalue weighted by atomic mass is 10.1. The molecule has 1 N–H and O–H groups in total. The van der Waals surface area contributed by atoms with Gasteiger partial charge in [0.15, 0.2) is 11.6 Å². The van der Waals surface area contributed by atoms with Crippen molar-refractivity contribution in [2.75, 3.05) is 13.7 Å². The van der Waals surface area contributed by atoms with Gasteiger partial charge in [-0.25, -0.2) is 4.39 Å². The van der Waals surface area contributed by atoms with Crippen LogP contribution in [0.1, 0.15) is 26.2 Å². The number of halogens is 1. The van der Waals surface area contributed by atoms with E-state index in [0.29, 0.717) is 29.7 Å². The van der Waals surface area contributed by atoms with Crippen LogP contribution in [0.25, 0.3) is 11.4 Å². The number of rotatable bonds is 7. The molecule has 0 aliphatic carbocycles. The molecule has 6 heteroatoms. The molecule has 21 heavy (non-hydrogen) atoms. The highest BCUT2D eigenvalue weighted by Gasteiger charge is 2.14. The molecule has 2 aromatic rings. The van der Waals surface area contributed by atoms with Crippen molar-refractivity contribution >= 4 is 0 Å². The molecule has 1 heterocycles. The number of hydrogen-bond donors (Lipinski definition) is 1. The van der Waals surface area contributed by atoms with Gasteiger partial charge in [-0.05, 0) is 31.2 Å². The average molecular weight is 293 g/mol. The Labute approximate surface area is 123 Å². The maximum Gasteiger partial charge on any atom is 0.228 e. The van der Waals surface area contributed by atoms with E-state index < -0.39 is 5.82 Å². The third-order valence-electron chi connectivity index (χ3n) is 3.28. The molecule has 0 saturated heterocycles. The molecule has 5 nitrogen and oxygen atoms in total. The van der Waals surface area contributed by atoms with Crippen molar-refractivity contribution in [3.8, 4) is 17.1 Å². The number of methoxy groups -OCH3 is 1. The number of hydrogen-bond acceptors (Lipinski definition) is 5. The van der Waals surface area contributed by atoms with Crippen molar-refractivity contribution < 1.29 is 13.7 Å². The summed E-state index contributed by atoms with van der Waals surface area (Å²) in [6, 6.07) is 4.81. The van der Waals surface area contributed by atoms with Crippen LogP contribution in [0.2, 0.25) is 0 Å². The fourth-order valence-corrected chi connectivity index (χ4v) is 2.11. The van der Waals surface area contributed by atoms with E-state index in [2.05, 4.69) is 29.3 Å². The summed E-state index contributed by atoms with van der Waals surface area (Å²) >= 11 is 0. The van der Waals surface area contributed by atoms with E-state index in [1.807, 2.05) is 0 Å². The Balaban J connectivity index is 2.15. The van der Waals surface area contributed by atoms with E-state index in [-0.39, 0.29) is 5.75 Å². The van der Waals surface area contributed by atoms with Crippen molar-refractivity contribution in [3.63, 3.8) is 0 Å². The summed E-state index contributed by atoms with van der Waals surface area (Å²) < 4.78 is 23.6. The van der Waals surface area contributed by atoms with E-state index in [1.54, 1.807) is 12.1 Å². The van der Waals surface area contributed by atoms with E-state index in [4.69, 9.17) is 9.26 Å². The van der Waals surface area contributed by atoms with Crippen molar-refractivity contribution in [1.29, 1.82) is 0 Å². The Hall–Kier alpha value is -1.95. The summed E-state index contributed by atoms with van der Waals surface area (Å²) in [5.41, 5.74) is 0.666. The van der Waals surface area contributed by atoms with Crippen LogP contribution in [0.3, 0.4) is 0 Å². The summed E-state index contributed by atoms with van der Waals surface area (Å²) in [5.74, 6) is 0.761. The molecule has 0 aliphatic rings. The minimum Gasteiger partial charge on any atom is -0.494 e. The fraction of sp³-hybridized carbons (Fsp3) is 0.467. The maximum absolute atomic E-state index is 13.4. The average Bonchev–Trinajstić information content (AvgIpc) is 2.95. The van der Waals surface area contributed by atoms with Crippen molar-refractivity contribution in [2.24, 2.45) is 0 Å². The molecule has 0 fully saturated rings. The summed E-state index contributed by atoms with van der Waals surface area (Å²) in [5, 5.41) is 7.31. The van der Waals surface area contributed by atoms with Crippen molar-refractivity contribution in [1.82, 2.24) is 15.5 Å². The zero-order valence-corrected chi connectivity index (χ0v) is 12.5. The van der Waals surface area contributed by atoms with Gasteiger partial charge in [-0.1, -0.05) is 19.0 Å². The standard InChI is InChI=1S/C15H20FN3O2/c1-4-11(17-5-2)9-14-18-15(19-21-14)10-6-7-12(16)13(8-10)20-3/h6-8,11,17H,4-5,9H2,1-3H3. The number of likely N-dealkylation sites (N-methyl/N-ethyl adjacent to an activating group) is 1. The summed E-state index contributed by atoms with van der Waals surface area (Å²) in [6.07, 6.45) is 1.66. The molecule has 1 atom stereocenters. The number of benzene rings is 1. The van der Waals surface area contributed by atoms with Crippen molar-refractivity contribution in [2.45, 2.75) is 32.7 Å². The van der Waals surface area contributed by atoms with E-state index in [1.165, 1.54) is 13.2 Å². The molecule has 1 unspecified atom stereocenters. The SMILES string of the molecule is CCNC(CC)Cc1nc(-c2ccc(F)c(OC)c2)no1. The number of nitrogens with one attached hydrogen (secondary N) is 1. The molecular weight excluding hydrogens is 273 g/mol. The zero-order valence-electron chi connectivity index (χ0n) is 12.5. The Morgan fingerprint density at radius 1 is 1.38 bits per heavy atom. The first-order valence-electron chi connectivity index (χ1n) is 7.07. The lowest BCUT2D eigenvalue weighted by molar-refractivity contribution is 0.355. The van der Waals surface area contributed by atoms with Crippen LogP contribution in [0.4, 0.5) is 4.39 Å². The topological polar surface area (TPSA) is 60.2 Å². The van der Waals surface area contributed by atoms with Gasteiger partial charge in [0.1, 0.15) is 0 Å². The Kier molecular flexibility index (Phi) is 5.27. The highest BCUT2D eigenvalue weighted by Crippen LogP contribution is 2.24. The van der Waals surface area contributed by atoms with Gasteiger partial charge in [0.25, 0.3) is 0 Å². The first-order chi connectivity index (χ1) is 10.2. The van der Waals surface area contributed by atoms with E-state index in [9.17, 15) is 4.39 Å². The minimum absolute atomic E-state index is 0.165. The minimum atomic E-state index is -0.414. The first kappa shape index (κ1) is 15.4. The largest absolute Gasteiger partial charge is 0.494 e. The molecular formula is C15H20FN3O2. The van der Waals surface area contributed by atoms with Gasteiger partial charge in [-0.2, -0.15) is 4.98 Å². The van der Waals surface area contributed by atoms with Crippen LogP contribution in [0.5, 0.6) is 5.75 Å². The molecule has 114 valence electrons. The monoisotopic (exact) mass is 293 g/mol. The molecule has 0 radical (unpaired) electrons. The molecule has 0 aliphatic heterocycles. The maximum atomic E-state index is 13.4. The molecule has 0 spiro atoms. The predicted octanol–water partition coefficient (Wildman–Crippen LogP) is 2.81. The normalized spacial score (nSPS) is 12.4. The second kappa shape index (κ2) is 7.17. The zero-order chi connectivity index (χ0) is 15.2. The molecule has 2 rings (SSSR count). The van der Waals surface area contributed by atoms with Crippen LogP contribution in [0.15, 0.2) is 22.7 Å². The molecule has 0 amide bonds. The van der Waals surface area contributed by atoms with Crippen molar-refractivity contribution in [3.05, 3.63) is 29.9 Å². The Morgan fingerprint density at radius 2 is 2.19 bits per heavy atom.